The number of rotatable bonds is 10. The number of aliphatic hydroxyl groups excluding tert-OH is 2. The maximum absolute atomic E-state index is 12.2. The monoisotopic (exact) mass is 538 g/mol. The van der Waals surface area contributed by atoms with Crippen LogP contribution in [0.1, 0.15) is 32.8 Å². The molecule has 1 aromatic rings. The largest absolute Gasteiger partial charge is 0.479 e. The summed E-state index contributed by atoms with van der Waals surface area (Å²) in [4.78, 5) is 47.9. The number of carboxylic acid groups (broad SMARTS) is 3. The molecule has 0 saturated carbocycles. The second-order valence-corrected chi connectivity index (χ2v) is 9.60. The Kier molecular flexibility index (Phi) is 8.01. The van der Waals surface area contributed by atoms with E-state index in [1.807, 2.05) is 37.3 Å². The fraction of sp³-hybridized carbons (Fsp3) is 0.520. The molecule has 0 unspecified atom stereocenters. The Labute approximate surface area is 216 Å². The molecule has 3 rings (SSSR count). The molecule has 0 amide bonds. The van der Waals surface area contributed by atoms with Gasteiger partial charge in [-0.2, -0.15) is 0 Å². The van der Waals surface area contributed by atoms with E-state index in [4.69, 9.17) is 14.2 Å². The molecular formula is C25H30O13. The van der Waals surface area contributed by atoms with Crippen molar-refractivity contribution in [3.05, 3.63) is 47.5 Å². The first-order valence-electron chi connectivity index (χ1n) is 11.7. The second-order valence-electron chi connectivity index (χ2n) is 9.60. The molecule has 0 spiro atoms. The van der Waals surface area contributed by atoms with Gasteiger partial charge in [0.05, 0.1) is 0 Å². The smallest absolute Gasteiger partial charge is 0.343 e. The number of esters is 1. The van der Waals surface area contributed by atoms with Crippen LogP contribution in [-0.4, -0.2) is 95.9 Å². The molecule has 0 aliphatic carbocycles. The van der Waals surface area contributed by atoms with E-state index in [0.717, 1.165) is 5.56 Å². The van der Waals surface area contributed by atoms with Crippen LogP contribution in [0.25, 0.3) is 0 Å². The number of benzene rings is 1. The number of hydrogen-bond acceptors (Lipinski definition) is 10. The van der Waals surface area contributed by atoms with Gasteiger partial charge in [0, 0.05) is 19.3 Å². The summed E-state index contributed by atoms with van der Waals surface area (Å²) in [5, 5.41) is 61.3. The van der Waals surface area contributed by atoms with Crippen molar-refractivity contribution < 1.29 is 64.0 Å². The van der Waals surface area contributed by atoms with Gasteiger partial charge in [0.2, 0.25) is 23.1 Å². The van der Waals surface area contributed by atoms with Crippen LogP contribution in [0.4, 0.5) is 0 Å². The van der Waals surface area contributed by atoms with Crippen molar-refractivity contribution in [1.82, 2.24) is 0 Å². The van der Waals surface area contributed by atoms with Crippen molar-refractivity contribution >= 4 is 23.9 Å². The molecule has 38 heavy (non-hydrogen) atoms. The molecule has 0 aromatic heterocycles. The molecule has 2 bridgehead atoms. The zero-order chi connectivity index (χ0) is 28.6. The lowest BCUT2D eigenvalue weighted by molar-refractivity contribution is -0.371. The van der Waals surface area contributed by atoms with Crippen molar-refractivity contribution in [2.45, 2.75) is 75.0 Å². The number of fused-ring (bicyclic) bond motifs is 2. The molecule has 2 heterocycles. The number of carboxylic acids is 3. The van der Waals surface area contributed by atoms with Crippen molar-refractivity contribution in [2.75, 3.05) is 0 Å². The van der Waals surface area contributed by atoms with E-state index in [-0.39, 0.29) is 5.92 Å². The predicted octanol–water partition coefficient (Wildman–Crippen LogP) is -0.296. The lowest BCUT2D eigenvalue weighted by Crippen LogP contribution is -2.77. The average Bonchev–Trinajstić information content (AvgIpc) is 3.04. The minimum Gasteiger partial charge on any atom is -0.479 e. The highest BCUT2D eigenvalue weighted by molar-refractivity contribution is 5.97. The van der Waals surface area contributed by atoms with Crippen LogP contribution in [0.5, 0.6) is 0 Å². The maximum atomic E-state index is 12.2. The first kappa shape index (κ1) is 29.2. The van der Waals surface area contributed by atoms with Gasteiger partial charge in [-0.1, -0.05) is 43.3 Å². The summed E-state index contributed by atoms with van der Waals surface area (Å²) in [5.41, 5.74) is -5.95. The molecular weight excluding hydrogens is 508 g/mol. The van der Waals surface area contributed by atoms with Crippen LogP contribution in [-0.2, 0) is 39.8 Å². The molecule has 0 radical (unpaired) electrons. The van der Waals surface area contributed by atoms with E-state index in [2.05, 4.69) is 0 Å². The van der Waals surface area contributed by atoms with Gasteiger partial charge in [0.15, 0.2) is 0 Å². The van der Waals surface area contributed by atoms with E-state index in [9.17, 15) is 49.8 Å². The van der Waals surface area contributed by atoms with Gasteiger partial charge in [-0.05, 0) is 24.5 Å². The number of carbonyl (C=O) groups excluding carboxylic acids is 1. The molecule has 2 saturated heterocycles. The van der Waals surface area contributed by atoms with Crippen LogP contribution >= 0.6 is 0 Å². The third-order valence-corrected chi connectivity index (χ3v) is 7.00. The Morgan fingerprint density at radius 2 is 1.63 bits per heavy atom. The minimum atomic E-state index is -3.81. The fourth-order valence-electron chi connectivity index (χ4n) is 5.13. The van der Waals surface area contributed by atoms with E-state index >= 15 is 0 Å². The van der Waals surface area contributed by atoms with Gasteiger partial charge in [0.1, 0.15) is 18.3 Å². The first-order valence-corrected chi connectivity index (χ1v) is 11.7. The number of hydrogen-bond donors (Lipinski definition) is 6. The van der Waals surface area contributed by atoms with E-state index in [1.54, 1.807) is 6.92 Å². The standard InChI is InChI=1S/C25H30O13/c1-12(16(36-14(3)26)13(2)11-15-7-5-4-6-8-15)9-10-23-17(27)18(28)25(38-23,22(33)34)24(35,21(31)32)19(37-23)20(29)30/h4-9,13,16-19,27-28,35H,10-11H2,1-3H3,(H,29,30)(H,31,32)(H,33,34)/b12-9+/t13-,16-,17-,18-,19-,23+,24-,25+/m1/s1. The summed E-state index contributed by atoms with van der Waals surface area (Å²) in [5.74, 6) is -10.1. The molecule has 208 valence electrons. The van der Waals surface area contributed by atoms with E-state index in [1.165, 1.54) is 13.0 Å². The summed E-state index contributed by atoms with van der Waals surface area (Å²) < 4.78 is 16.1. The van der Waals surface area contributed by atoms with Gasteiger partial charge in [-0.25, -0.2) is 14.4 Å². The van der Waals surface area contributed by atoms with E-state index in [0.29, 0.717) is 12.0 Å². The predicted molar refractivity (Wildman–Crippen MR) is 125 cm³/mol. The summed E-state index contributed by atoms with van der Waals surface area (Å²) in [7, 11) is 0. The molecule has 6 N–H and O–H groups in total. The lowest BCUT2D eigenvalue weighted by Gasteiger charge is -2.48. The second kappa shape index (κ2) is 10.4. The Bertz CT molecular complexity index is 1130. The Balaban J connectivity index is 2.01. The number of aliphatic hydroxyl groups is 3. The van der Waals surface area contributed by atoms with Crippen molar-refractivity contribution in [2.24, 2.45) is 5.92 Å². The summed E-state index contributed by atoms with van der Waals surface area (Å²) >= 11 is 0. The molecule has 2 aliphatic heterocycles. The molecule has 2 fully saturated rings. The number of aliphatic carboxylic acids is 3. The van der Waals surface area contributed by atoms with Gasteiger partial charge in [-0.15, -0.1) is 0 Å². The number of carbonyl (C=O) groups is 4. The molecule has 8 atom stereocenters. The normalized spacial score (nSPS) is 34.3. The lowest BCUT2D eigenvalue weighted by atomic mass is 9.74. The first-order chi connectivity index (χ1) is 17.6. The van der Waals surface area contributed by atoms with Crippen LogP contribution in [0.3, 0.4) is 0 Å². The third-order valence-electron chi connectivity index (χ3n) is 7.00. The van der Waals surface area contributed by atoms with Gasteiger partial charge < -0.3 is 44.8 Å². The summed E-state index contributed by atoms with van der Waals surface area (Å²) in [6, 6.07) is 9.32. The quantitative estimate of drug-likeness (QED) is 0.167. The highest BCUT2D eigenvalue weighted by atomic mass is 16.8. The van der Waals surface area contributed by atoms with Crippen LogP contribution in [0.2, 0.25) is 0 Å². The van der Waals surface area contributed by atoms with Crippen molar-refractivity contribution in [3.8, 4) is 0 Å². The van der Waals surface area contributed by atoms with Gasteiger partial charge in [-0.3, -0.25) is 4.79 Å². The molecule has 13 heteroatoms. The van der Waals surface area contributed by atoms with Crippen LogP contribution in [0.15, 0.2) is 42.0 Å². The van der Waals surface area contributed by atoms with E-state index < -0.39 is 71.7 Å². The van der Waals surface area contributed by atoms with Crippen molar-refractivity contribution in [3.63, 3.8) is 0 Å². The summed E-state index contributed by atoms with van der Waals surface area (Å²) in [6.45, 7) is 4.60. The van der Waals surface area contributed by atoms with Crippen molar-refractivity contribution in [1.29, 1.82) is 0 Å². The zero-order valence-corrected chi connectivity index (χ0v) is 20.8. The third kappa shape index (κ3) is 4.56. The Morgan fingerprint density at radius 1 is 1.03 bits per heavy atom. The molecule has 2 aliphatic rings. The van der Waals surface area contributed by atoms with Gasteiger partial charge >= 0.3 is 23.9 Å². The Hall–Kier alpha value is -3.36. The topological polar surface area (TPSA) is 217 Å². The maximum Gasteiger partial charge on any atom is 0.343 e. The van der Waals surface area contributed by atoms with Gasteiger partial charge in [0.25, 0.3) is 0 Å². The Morgan fingerprint density at radius 3 is 2.13 bits per heavy atom. The zero-order valence-electron chi connectivity index (χ0n) is 20.8. The van der Waals surface area contributed by atoms with Crippen LogP contribution in [0, 0.1) is 5.92 Å². The number of ether oxygens (including phenoxy) is 3. The summed E-state index contributed by atoms with van der Waals surface area (Å²) in [6.07, 6.45) is -7.20. The van der Waals surface area contributed by atoms with Crippen LogP contribution < -0.4 is 0 Å². The minimum absolute atomic E-state index is 0.274. The fourth-order valence-corrected chi connectivity index (χ4v) is 5.13. The highest BCUT2D eigenvalue weighted by Gasteiger charge is 2.84. The molecule has 13 nitrogen and oxygen atoms in total. The molecule has 1 aromatic carbocycles. The highest BCUT2D eigenvalue weighted by Crippen LogP contribution is 2.54. The SMILES string of the molecule is CC(=O)O[C@H](/C(C)=C/C[C@]12O[C@H](C(=O)O)[C@@](O)(C(=O)O)[C@](C(=O)O)(O1)[C@H](O)[C@H]2O)[C@H](C)Cc1ccccc1. The average molecular weight is 539 g/mol.